The summed E-state index contributed by atoms with van der Waals surface area (Å²) in [5.74, 6) is 1.01. The summed E-state index contributed by atoms with van der Waals surface area (Å²) in [6.45, 7) is 1.22. The fourth-order valence-electron chi connectivity index (χ4n) is 4.50. The molecule has 2 aromatic rings. The number of methoxy groups -OCH3 is 1. The van der Waals surface area contributed by atoms with Crippen molar-refractivity contribution in [1.82, 2.24) is 4.90 Å². The molecule has 1 aliphatic heterocycles. The highest BCUT2D eigenvalue weighted by Crippen LogP contribution is 2.38. The fraction of sp³-hybridized carbons (Fsp3) is 0.458. The average Bonchev–Trinajstić information content (AvgIpc) is 2.75. The topological polar surface area (TPSA) is 38.8 Å². The summed E-state index contributed by atoms with van der Waals surface area (Å²) >= 11 is 0. The minimum absolute atomic E-state index is 0.0598. The zero-order valence-electron chi connectivity index (χ0n) is 16.6. The molecule has 0 radical (unpaired) electrons. The van der Waals surface area contributed by atoms with Crippen LogP contribution in [-0.4, -0.2) is 36.2 Å². The molecule has 1 amide bonds. The molecule has 0 N–H and O–H groups in total. The second kappa shape index (κ2) is 8.36. The smallest absolute Gasteiger partial charge is 0.255 e. The van der Waals surface area contributed by atoms with Crippen molar-refractivity contribution in [3.05, 3.63) is 65.7 Å². The molecule has 1 saturated carbocycles. The zero-order valence-corrected chi connectivity index (χ0v) is 16.6. The maximum absolute atomic E-state index is 13.6. The van der Waals surface area contributed by atoms with Gasteiger partial charge in [-0.25, -0.2) is 0 Å². The van der Waals surface area contributed by atoms with Crippen molar-refractivity contribution >= 4 is 5.91 Å². The third-order valence-electron chi connectivity index (χ3n) is 6.13. The van der Waals surface area contributed by atoms with Gasteiger partial charge in [0.05, 0.1) is 19.8 Å². The van der Waals surface area contributed by atoms with E-state index in [0.717, 1.165) is 43.4 Å². The Hall–Kier alpha value is -2.33. The van der Waals surface area contributed by atoms with E-state index in [-0.39, 0.29) is 11.9 Å². The van der Waals surface area contributed by atoms with Crippen LogP contribution in [0.5, 0.6) is 5.75 Å². The van der Waals surface area contributed by atoms with Crippen LogP contribution in [0.25, 0.3) is 0 Å². The number of ether oxygens (including phenoxy) is 2. The average molecular weight is 380 g/mol. The molecule has 1 heterocycles. The predicted molar refractivity (Wildman–Crippen MR) is 109 cm³/mol. The number of nitrogens with zero attached hydrogens (tertiary/aromatic N) is 1. The zero-order chi connectivity index (χ0) is 19.4. The molecule has 4 nitrogen and oxygen atoms in total. The molecule has 1 unspecified atom stereocenters. The summed E-state index contributed by atoms with van der Waals surface area (Å²) < 4.78 is 11.6. The van der Waals surface area contributed by atoms with Gasteiger partial charge in [0.1, 0.15) is 11.4 Å². The summed E-state index contributed by atoms with van der Waals surface area (Å²) in [7, 11) is 1.67. The van der Waals surface area contributed by atoms with Crippen molar-refractivity contribution in [1.29, 1.82) is 0 Å². The van der Waals surface area contributed by atoms with Gasteiger partial charge in [0, 0.05) is 6.54 Å². The van der Waals surface area contributed by atoms with Crippen LogP contribution in [0.1, 0.15) is 43.2 Å². The Bertz CT molecular complexity index is 781. The van der Waals surface area contributed by atoms with E-state index in [1.807, 2.05) is 18.2 Å². The first-order valence-electron chi connectivity index (χ1n) is 10.3. The van der Waals surface area contributed by atoms with Crippen LogP contribution in [-0.2, 0) is 22.5 Å². The lowest BCUT2D eigenvalue weighted by molar-refractivity contribution is -0.187. The number of carbonyl (C=O) groups is 1. The Morgan fingerprint density at radius 1 is 1.00 bits per heavy atom. The SMILES string of the molecule is COc1ccc(CN2C(=O)C3(CCCCC3)OCC2Cc2ccccc2)cc1. The molecule has 2 fully saturated rings. The number of carbonyl (C=O) groups excluding carboxylic acids is 1. The Kier molecular flexibility index (Phi) is 5.67. The lowest BCUT2D eigenvalue weighted by Gasteiger charge is -2.47. The molecule has 1 spiro atoms. The molecule has 1 saturated heterocycles. The number of hydrogen-bond acceptors (Lipinski definition) is 3. The molecule has 2 aromatic carbocycles. The van der Waals surface area contributed by atoms with Crippen molar-refractivity contribution in [2.45, 2.75) is 56.7 Å². The Morgan fingerprint density at radius 3 is 2.39 bits per heavy atom. The van der Waals surface area contributed by atoms with Gasteiger partial charge in [-0.1, -0.05) is 61.7 Å². The second-order valence-corrected chi connectivity index (χ2v) is 7.99. The summed E-state index contributed by atoms with van der Waals surface area (Å²) in [4.78, 5) is 15.7. The molecule has 148 valence electrons. The third kappa shape index (κ3) is 3.93. The van der Waals surface area contributed by atoms with Crippen LogP contribution >= 0.6 is 0 Å². The Balaban J connectivity index is 1.58. The van der Waals surface area contributed by atoms with Gasteiger partial charge < -0.3 is 14.4 Å². The quantitative estimate of drug-likeness (QED) is 0.774. The number of hydrogen-bond donors (Lipinski definition) is 0. The molecule has 0 bridgehead atoms. The highest BCUT2D eigenvalue weighted by molar-refractivity contribution is 5.86. The molecule has 1 aliphatic carbocycles. The van der Waals surface area contributed by atoms with Gasteiger partial charge in [-0.15, -0.1) is 0 Å². The van der Waals surface area contributed by atoms with Gasteiger partial charge in [-0.2, -0.15) is 0 Å². The highest BCUT2D eigenvalue weighted by atomic mass is 16.5. The minimum atomic E-state index is -0.599. The fourth-order valence-corrected chi connectivity index (χ4v) is 4.50. The number of morpholine rings is 1. The van der Waals surface area contributed by atoms with Crippen molar-refractivity contribution in [2.24, 2.45) is 0 Å². The van der Waals surface area contributed by atoms with Gasteiger partial charge in [-0.05, 0) is 42.5 Å². The van der Waals surface area contributed by atoms with E-state index in [9.17, 15) is 4.79 Å². The first-order chi connectivity index (χ1) is 13.7. The summed E-state index contributed by atoms with van der Waals surface area (Å²) in [5, 5.41) is 0. The van der Waals surface area contributed by atoms with Gasteiger partial charge in [0.25, 0.3) is 5.91 Å². The first-order valence-corrected chi connectivity index (χ1v) is 10.3. The van der Waals surface area contributed by atoms with Gasteiger partial charge >= 0.3 is 0 Å². The van der Waals surface area contributed by atoms with Crippen LogP contribution in [0, 0.1) is 0 Å². The van der Waals surface area contributed by atoms with Crippen LogP contribution in [0.15, 0.2) is 54.6 Å². The van der Waals surface area contributed by atoms with E-state index in [2.05, 4.69) is 41.3 Å². The third-order valence-corrected chi connectivity index (χ3v) is 6.13. The van der Waals surface area contributed by atoms with E-state index in [0.29, 0.717) is 13.2 Å². The van der Waals surface area contributed by atoms with Crippen LogP contribution < -0.4 is 4.74 Å². The van der Waals surface area contributed by atoms with Crippen LogP contribution in [0.2, 0.25) is 0 Å². The van der Waals surface area contributed by atoms with Gasteiger partial charge in [0.2, 0.25) is 0 Å². The molecular formula is C24H29NO3. The first kappa shape index (κ1) is 19.0. The van der Waals surface area contributed by atoms with Crippen molar-refractivity contribution in [3.8, 4) is 5.75 Å². The largest absolute Gasteiger partial charge is 0.497 e. The number of benzene rings is 2. The van der Waals surface area contributed by atoms with Crippen LogP contribution in [0.4, 0.5) is 0 Å². The van der Waals surface area contributed by atoms with E-state index < -0.39 is 5.60 Å². The Morgan fingerprint density at radius 2 is 1.71 bits per heavy atom. The number of rotatable bonds is 5. The predicted octanol–water partition coefficient (Wildman–Crippen LogP) is 4.37. The summed E-state index contributed by atoms with van der Waals surface area (Å²) in [6, 6.07) is 18.5. The lowest BCUT2D eigenvalue weighted by atomic mass is 9.81. The van der Waals surface area contributed by atoms with E-state index in [1.165, 1.54) is 12.0 Å². The number of amides is 1. The van der Waals surface area contributed by atoms with Gasteiger partial charge in [0.15, 0.2) is 0 Å². The molecule has 28 heavy (non-hydrogen) atoms. The van der Waals surface area contributed by atoms with E-state index in [1.54, 1.807) is 7.11 Å². The lowest BCUT2D eigenvalue weighted by Crippen LogP contribution is -2.61. The summed E-state index contributed by atoms with van der Waals surface area (Å²) in [6.07, 6.45) is 5.87. The molecule has 1 atom stereocenters. The van der Waals surface area contributed by atoms with Crippen molar-refractivity contribution in [2.75, 3.05) is 13.7 Å². The maximum atomic E-state index is 13.6. The molecule has 4 rings (SSSR count). The molecule has 0 aromatic heterocycles. The second-order valence-electron chi connectivity index (χ2n) is 7.99. The highest BCUT2D eigenvalue weighted by Gasteiger charge is 2.48. The monoisotopic (exact) mass is 379 g/mol. The molecular weight excluding hydrogens is 350 g/mol. The van der Waals surface area contributed by atoms with Crippen LogP contribution in [0.3, 0.4) is 0 Å². The van der Waals surface area contributed by atoms with Crippen molar-refractivity contribution in [3.63, 3.8) is 0 Å². The Labute approximate surface area is 167 Å². The standard InChI is InChI=1S/C24H29NO3/c1-27-22-12-10-20(11-13-22)17-25-21(16-19-8-4-2-5-9-19)18-28-24(23(25)26)14-6-3-7-15-24/h2,4-5,8-13,21H,3,6-7,14-18H2,1H3. The van der Waals surface area contributed by atoms with E-state index in [4.69, 9.17) is 9.47 Å². The van der Waals surface area contributed by atoms with E-state index >= 15 is 0 Å². The van der Waals surface area contributed by atoms with Crippen molar-refractivity contribution < 1.29 is 14.3 Å². The normalized spacial score (nSPS) is 21.7. The van der Waals surface area contributed by atoms with Gasteiger partial charge in [-0.3, -0.25) is 4.79 Å². The maximum Gasteiger partial charge on any atom is 0.255 e. The minimum Gasteiger partial charge on any atom is -0.497 e. The molecule has 4 heteroatoms. The molecule has 2 aliphatic rings. The summed E-state index contributed by atoms with van der Waals surface area (Å²) in [5.41, 5.74) is 1.76.